The number of hydrogen-bond acceptors (Lipinski definition) is 4. The number of anilines is 2. The molecule has 3 aromatic carbocycles. The summed E-state index contributed by atoms with van der Waals surface area (Å²) >= 11 is 0. The third kappa shape index (κ3) is 7.43. The largest absolute Gasteiger partial charge is 0.342 e. The van der Waals surface area contributed by atoms with Gasteiger partial charge in [-0.3, -0.25) is 19.2 Å². The smallest absolute Gasteiger partial charge is 0.253 e. The molecule has 1 heterocycles. The number of nitrogens with zero attached hydrogens (tertiary/aromatic N) is 2. The maximum atomic E-state index is 12.8. The van der Waals surface area contributed by atoms with Crippen LogP contribution in [0.25, 0.3) is 0 Å². The van der Waals surface area contributed by atoms with Crippen molar-refractivity contribution in [3.63, 3.8) is 0 Å². The second-order valence-electron chi connectivity index (χ2n) is 11.4. The lowest BCUT2D eigenvalue weighted by atomic mass is 9.83. The zero-order valence-corrected chi connectivity index (χ0v) is 24.1. The minimum Gasteiger partial charge on any atom is -0.342 e. The van der Waals surface area contributed by atoms with E-state index in [0.717, 1.165) is 30.4 Å². The number of hydrogen-bond donors (Lipinski definition) is 2. The Labute approximate surface area is 247 Å². The van der Waals surface area contributed by atoms with Crippen molar-refractivity contribution in [1.29, 1.82) is 0 Å². The molecular formula is C34H38N4O4. The predicted molar refractivity (Wildman–Crippen MR) is 163 cm³/mol. The summed E-state index contributed by atoms with van der Waals surface area (Å²) in [6, 6.07) is 24.0. The van der Waals surface area contributed by atoms with Gasteiger partial charge in [0.15, 0.2) is 0 Å². The van der Waals surface area contributed by atoms with Gasteiger partial charge in [0.25, 0.3) is 5.91 Å². The van der Waals surface area contributed by atoms with Gasteiger partial charge in [0, 0.05) is 55.5 Å². The molecule has 4 amide bonds. The highest BCUT2D eigenvalue weighted by Gasteiger charge is 2.33. The summed E-state index contributed by atoms with van der Waals surface area (Å²) in [4.78, 5) is 54.3. The fourth-order valence-corrected chi connectivity index (χ4v) is 5.46. The Morgan fingerprint density at radius 2 is 1.36 bits per heavy atom. The molecule has 0 unspecified atom stereocenters. The molecule has 2 aliphatic rings. The lowest BCUT2D eigenvalue weighted by Crippen LogP contribution is -2.45. The SMILES string of the molecule is CN(Cc1ccccc1)C(=O)c1ccc(NC(=O)Cc2ccc(NC(=O)C3CCN(C(=O)C4CCC4)CC3)cc2)cc1. The van der Waals surface area contributed by atoms with Crippen LogP contribution >= 0.6 is 0 Å². The summed E-state index contributed by atoms with van der Waals surface area (Å²) in [5, 5.41) is 5.86. The van der Waals surface area contributed by atoms with Gasteiger partial charge in [0.1, 0.15) is 0 Å². The van der Waals surface area contributed by atoms with Crippen molar-refractivity contribution in [2.45, 2.75) is 45.1 Å². The van der Waals surface area contributed by atoms with Gasteiger partial charge in [-0.15, -0.1) is 0 Å². The van der Waals surface area contributed by atoms with E-state index in [1.54, 1.807) is 36.2 Å². The van der Waals surface area contributed by atoms with E-state index in [1.165, 1.54) is 0 Å². The van der Waals surface area contributed by atoms with Crippen molar-refractivity contribution < 1.29 is 19.2 Å². The Hall–Kier alpha value is -4.46. The fraction of sp³-hybridized carbons (Fsp3) is 0.353. The Kier molecular flexibility index (Phi) is 9.31. The fourth-order valence-electron chi connectivity index (χ4n) is 5.46. The molecular weight excluding hydrogens is 528 g/mol. The van der Waals surface area contributed by atoms with Gasteiger partial charge in [-0.05, 0) is 73.2 Å². The molecule has 3 aromatic rings. The maximum absolute atomic E-state index is 12.8. The molecule has 1 saturated heterocycles. The third-order valence-electron chi connectivity index (χ3n) is 8.24. The maximum Gasteiger partial charge on any atom is 0.253 e. The first kappa shape index (κ1) is 29.0. The first-order valence-corrected chi connectivity index (χ1v) is 14.7. The molecule has 218 valence electrons. The van der Waals surface area contributed by atoms with Crippen molar-refractivity contribution in [3.8, 4) is 0 Å². The molecule has 2 fully saturated rings. The minimum atomic E-state index is -0.171. The van der Waals surface area contributed by atoms with Gasteiger partial charge < -0.3 is 20.4 Å². The van der Waals surface area contributed by atoms with E-state index in [-0.39, 0.29) is 41.9 Å². The van der Waals surface area contributed by atoms with E-state index in [0.29, 0.717) is 49.4 Å². The topological polar surface area (TPSA) is 98.8 Å². The number of benzene rings is 3. The van der Waals surface area contributed by atoms with E-state index in [4.69, 9.17) is 0 Å². The van der Waals surface area contributed by atoms with Gasteiger partial charge in [-0.25, -0.2) is 0 Å². The number of nitrogens with one attached hydrogen (secondary N) is 2. The van der Waals surface area contributed by atoms with Gasteiger partial charge in [0.05, 0.1) is 6.42 Å². The van der Waals surface area contributed by atoms with Crippen molar-refractivity contribution in [3.05, 3.63) is 95.6 Å². The Morgan fingerprint density at radius 3 is 1.98 bits per heavy atom. The zero-order valence-electron chi connectivity index (χ0n) is 24.1. The summed E-state index contributed by atoms with van der Waals surface area (Å²) in [6.07, 6.45) is 4.69. The summed E-state index contributed by atoms with van der Waals surface area (Å²) in [5.41, 5.74) is 3.74. The average Bonchev–Trinajstić information content (AvgIpc) is 2.98. The van der Waals surface area contributed by atoms with Crippen LogP contribution in [-0.2, 0) is 27.3 Å². The normalized spacial score (nSPS) is 15.4. The van der Waals surface area contributed by atoms with Crippen molar-refractivity contribution in [2.75, 3.05) is 30.8 Å². The molecule has 0 aromatic heterocycles. The van der Waals surface area contributed by atoms with Crippen LogP contribution in [0.3, 0.4) is 0 Å². The molecule has 0 spiro atoms. The van der Waals surface area contributed by atoms with E-state index in [2.05, 4.69) is 10.6 Å². The van der Waals surface area contributed by atoms with Crippen LogP contribution < -0.4 is 10.6 Å². The highest BCUT2D eigenvalue weighted by atomic mass is 16.2. The van der Waals surface area contributed by atoms with Crippen LogP contribution in [0.2, 0.25) is 0 Å². The highest BCUT2D eigenvalue weighted by molar-refractivity contribution is 5.96. The number of carbonyl (C=O) groups excluding carboxylic acids is 4. The summed E-state index contributed by atoms with van der Waals surface area (Å²) in [5.74, 6) is 0.0685. The van der Waals surface area contributed by atoms with Crippen LogP contribution in [-0.4, -0.2) is 53.6 Å². The Bertz CT molecular complexity index is 1390. The zero-order chi connectivity index (χ0) is 29.5. The van der Waals surface area contributed by atoms with E-state index >= 15 is 0 Å². The quantitative estimate of drug-likeness (QED) is 0.376. The molecule has 0 atom stereocenters. The van der Waals surface area contributed by atoms with Crippen molar-refractivity contribution in [2.24, 2.45) is 11.8 Å². The van der Waals surface area contributed by atoms with Crippen LogP contribution in [0.1, 0.15) is 53.6 Å². The van der Waals surface area contributed by atoms with Gasteiger partial charge >= 0.3 is 0 Å². The monoisotopic (exact) mass is 566 g/mol. The summed E-state index contributed by atoms with van der Waals surface area (Å²) in [7, 11) is 1.77. The standard InChI is InChI=1S/C34H38N4O4/c1-37(23-25-6-3-2-4-7-25)33(41)28-12-16-29(17-13-28)35-31(39)22-24-10-14-30(15-11-24)36-32(40)26-18-20-38(21-19-26)34(42)27-8-5-9-27/h2-4,6-7,10-17,26-27H,5,8-9,18-23H2,1H3,(H,35,39)(H,36,40). The molecule has 42 heavy (non-hydrogen) atoms. The first-order valence-electron chi connectivity index (χ1n) is 14.7. The van der Waals surface area contributed by atoms with Crippen LogP contribution in [0.5, 0.6) is 0 Å². The third-order valence-corrected chi connectivity index (χ3v) is 8.24. The minimum absolute atomic E-state index is 0.0237. The van der Waals surface area contributed by atoms with E-state index in [9.17, 15) is 19.2 Å². The molecule has 8 nitrogen and oxygen atoms in total. The lowest BCUT2D eigenvalue weighted by Gasteiger charge is -2.36. The Balaban J connectivity index is 1.05. The second kappa shape index (κ2) is 13.5. The van der Waals surface area contributed by atoms with Gasteiger partial charge in [-0.1, -0.05) is 48.9 Å². The molecule has 1 saturated carbocycles. The summed E-state index contributed by atoms with van der Waals surface area (Å²) in [6.45, 7) is 1.81. The summed E-state index contributed by atoms with van der Waals surface area (Å²) < 4.78 is 0. The van der Waals surface area contributed by atoms with Crippen LogP contribution in [0, 0.1) is 11.8 Å². The van der Waals surface area contributed by atoms with Crippen molar-refractivity contribution >= 4 is 35.0 Å². The molecule has 1 aliphatic carbocycles. The highest BCUT2D eigenvalue weighted by Crippen LogP contribution is 2.30. The lowest BCUT2D eigenvalue weighted by molar-refractivity contribution is -0.140. The van der Waals surface area contributed by atoms with Crippen LogP contribution in [0.15, 0.2) is 78.9 Å². The molecule has 5 rings (SSSR count). The number of amides is 4. The number of likely N-dealkylation sites (tertiary alicyclic amines) is 1. The average molecular weight is 567 g/mol. The van der Waals surface area contributed by atoms with Crippen molar-refractivity contribution in [1.82, 2.24) is 9.80 Å². The van der Waals surface area contributed by atoms with Gasteiger partial charge in [0.2, 0.25) is 17.7 Å². The van der Waals surface area contributed by atoms with E-state index < -0.39 is 0 Å². The van der Waals surface area contributed by atoms with Crippen LogP contribution in [0.4, 0.5) is 11.4 Å². The number of rotatable bonds is 9. The van der Waals surface area contributed by atoms with E-state index in [1.807, 2.05) is 59.5 Å². The molecule has 0 radical (unpaired) electrons. The molecule has 1 aliphatic heterocycles. The predicted octanol–water partition coefficient (Wildman–Crippen LogP) is 5.12. The molecule has 0 bridgehead atoms. The van der Waals surface area contributed by atoms with Gasteiger partial charge in [-0.2, -0.15) is 0 Å². The second-order valence-corrected chi connectivity index (χ2v) is 11.4. The number of carbonyl (C=O) groups is 4. The first-order chi connectivity index (χ1) is 20.4. The Morgan fingerprint density at radius 1 is 0.738 bits per heavy atom. The number of piperidine rings is 1. The molecule has 8 heteroatoms. The molecule has 2 N–H and O–H groups in total.